The fraction of sp³-hybridized carbons (Fsp3) is 0.208. The molecule has 3 aliphatic heterocycles. The van der Waals surface area contributed by atoms with Crippen LogP contribution in [-0.2, 0) is 27.9 Å². The molecule has 27 nitrogen and oxygen atoms in total. The molecule has 0 unspecified atom stereocenters. The Balaban J connectivity index is 0.000000134. The van der Waals surface area contributed by atoms with Gasteiger partial charge in [0.25, 0.3) is 11.4 Å². The Morgan fingerprint density at radius 2 is 0.631 bits per heavy atom. The van der Waals surface area contributed by atoms with Crippen molar-refractivity contribution in [3.63, 3.8) is 0 Å². The lowest BCUT2D eigenvalue weighted by molar-refractivity contribution is -0.385. The maximum Gasteiger partial charge on any atom is 0.494 e. The van der Waals surface area contributed by atoms with Crippen molar-refractivity contribution in [3.8, 4) is 58.6 Å². The second kappa shape index (κ2) is 49.4. The van der Waals surface area contributed by atoms with Crippen molar-refractivity contribution >= 4 is 306 Å². The number of methoxy groups -OCH3 is 1. The quantitative estimate of drug-likeness (QED) is 0.0160. The highest BCUT2D eigenvalue weighted by molar-refractivity contribution is 9.11. The van der Waals surface area contributed by atoms with E-state index in [1.807, 2.05) is 210 Å². The van der Waals surface area contributed by atoms with Gasteiger partial charge in [-0.1, -0.05) is 103 Å². The number of thiazole rings is 6. The Hall–Kier alpha value is -10.7. The molecule has 149 heavy (non-hydrogen) atoms. The van der Waals surface area contributed by atoms with Gasteiger partial charge >= 0.3 is 28.3 Å². The van der Waals surface area contributed by atoms with Crippen molar-refractivity contribution in [2.45, 2.75) is 122 Å². The predicted octanol–water partition coefficient (Wildman–Crippen LogP) is 28.5. The summed E-state index contributed by atoms with van der Waals surface area (Å²) in [5.41, 5.74) is 32.2. The number of benzene rings is 13. The number of hydrogen-bond donors (Lipinski definition) is 9. The lowest BCUT2D eigenvalue weighted by Crippen LogP contribution is -2.41. The number of thiol groups is 1. The fourth-order valence-electron chi connectivity index (χ4n) is 14.3. The van der Waals surface area contributed by atoms with Gasteiger partial charge in [0.2, 0.25) is 0 Å². The lowest BCUT2D eigenvalue weighted by Gasteiger charge is -2.32. The number of nitrogens with one attached hydrogen (secondary N) is 3. The summed E-state index contributed by atoms with van der Waals surface area (Å²) in [4.78, 5) is 48.0. The highest BCUT2D eigenvalue weighted by Crippen LogP contribution is 2.46. The molecule has 0 saturated carbocycles. The molecule has 0 aliphatic carbocycles. The zero-order valence-electron chi connectivity index (χ0n) is 83.8. The van der Waals surface area contributed by atoms with Gasteiger partial charge in [0.1, 0.15) is 30.8 Å². The summed E-state index contributed by atoms with van der Waals surface area (Å²) in [5, 5.41) is 54.0. The predicted molar refractivity (Wildman–Crippen MR) is 643 cm³/mol. The van der Waals surface area contributed by atoms with Crippen molar-refractivity contribution in [1.29, 1.82) is 0 Å². The third kappa shape index (κ3) is 29.2. The number of aromatic nitrogens is 6. The molecule has 3 aliphatic rings. The first-order chi connectivity index (χ1) is 70.6. The van der Waals surface area contributed by atoms with E-state index in [-0.39, 0.29) is 52.1 Å². The Morgan fingerprint density at radius 1 is 0.356 bits per heavy atom. The third-order valence-corrected chi connectivity index (χ3v) is 33.9. The summed E-state index contributed by atoms with van der Waals surface area (Å²) in [6.07, 6.45) is 0. The summed E-state index contributed by atoms with van der Waals surface area (Å²) in [6, 6.07) is 86.1. The molecular weight excluding hydrogens is 2340 g/mol. The summed E-state index contributed by atoms with van der Waals surface area (Å²) < 4.78 is 53.0. The van der Waals surface area contributed by atoms with E-state index in [4.69, 9.17) is 54.8 Å². The number of nitrogens with two attached hydrogens (primary N) is 3. The molecule has 11 N–H and O–H groups in total. The van der Waals surface area contributed by atoms with Crippen molar-refractivity contribution in [2.24, 2.45) is 0 Å². The number of halogens is 5. The fourth-order valence-corrected chi connectivity index (χ4v) is 23.0. The highest BCUT2D eigenvalue weighted by Gasteiger charge is 2.64. The van der Waals surface area contributed by atoms with Crippen LogP contribution < -0.4 is 48.8 Å². The van der Waals surface area contributed by atoms with E-state index < -0.39 is 31.0 Å². The molecule has 6 aromatic heterocycles. The number of nitrogen functional groups attached to an aromatic ring is 3. The van der Waals surface area contributed by atoms with Gasteiger partial charge in [-0.15, -0.1) is 69.3 Å². The normalized spacial score (nSPS) is 14.5. The lowest BCUT2D eigenvalue weighted by atomic mass is 9.49. The van der Waals surface area contributed by atoms with Crippen LogP contribution in [0.25, 0.3) is 114 Å². The van der Waals surface area contributed by atoms with Gasteiger partial charge in [-0.3, -0.25) is 20.2 Å². The topological polar surface area (TPSA) is 383 Å². The molecule has 0 bridgehead atoms. The van der Waals surface area contributed by atoms with Crippen LogP contribution in [0.3, 0.4) is 0 Å². The number of fused-ring (bicyclic) bond motifs is 6. The van der Waals surface area contributed by atoms with Crippen molar-refractivity contribution in [2.75, 3.05) is 61.4 Å². The summed E-state index contributed by atoms with van der Waals surface area (Å²) in [5.74, 6) is 0.621. The molecule has 13 aromatic carbocycles. The van der Waals surface area contributed by atoms with Gasteiger partial charge in [0.05, 0.1) is 112 Å². The van der Waals surface area contributed by atoms with Crippen LogP contribution in [0.4, 0.5) is 44.9 Å². The molecule has 0 amide bonds. The minimum atomic E-state index is -1.44. The Bertz CT molecular complexity index is 7820. The molecule has 0 spiro atoms. The van der Waals surface area contributed by atoms with Crippen LogP contribution in [0.1, 0.15) is 83.1 Å². The molecule has 3 saturated heterocycles. The number of nitrogens with zero attached hydrogens (tertiary/aromatic N) is 8. The van der Waals surface area contributed by atoms with Crippen LogP contribution in [-0.4, -0.2) is 140 Å². The Morgan fingerprint density at radius 3 is 0.946 bits per heavy atom. The molecule has 0 atom stereocenters. The molecule has 3 fully saturated rings. The summed E-state index contributed by atoms with van der Waals surface area (Å²) in [7, 11) is 4.50. The molecule has 43 heteroatoms. The average Bonchev–Trinajstić information content (AvgIpc) is 1.59. The third-order valence-electron chi connectivity index (χ3n) is 24.9. The number of ether oxygens (including phenoxy) is 1. The zero-order valence-corrected chi connectivity index (χ0v) is 97.5. The Labute approximate surface area is 936 Å². The second-order valence-electron chi connectivity index (χ2n) is 36.8. The first-order valence-corrected chi connectivity index (χ1v) is 55.7. The standard InChI is InChI=1S/C20H23BN2O2S.C14H13BN2O2S.C14H11BrN2S.C13H7BrN2O2S.C13H9BrN2S.C12H24B2O4.C7H5BrN2S.C7H7NO3.C6H6BrNS/c1-19(2)20(3,4)25-21(24-19)14-8-11-16-17(12-14)26-18(23-16)13-6-9-15(22-5)10-7-13;1-16-11-5-2-9(3-6-11)14-17-12-7-4-10(15(18)19)8-13(12)20-14;1-16-11-5-2-9(3-6-11)14-17-12-7-4-10(15)8-13(12)18-14;14-9-3-6-11-12(7-9)19-13(15-11)8-1-4-10(5-2-8)16(17)18;14-9-3-6-11-12(7-9)17-13(16-11)8-1-4-10(15)5-2-8;1-9(2)10(3,4)16-13(15-9)14-17-11(5,6)12(7,8)18-14;8-4-1-2-5-6(3-4)11-7(9)10-5;1-11-7-4-2-6(3-5-7)8(9)10;7-4-1-2-5(8)6(9)3-4/h6-12,22H,1-5H3;2-8,16,18-19H,1H3;2-8,16H,1H3;1-7H;1-7H,15H2;1-8H3;1-3H,(H2,9,10);2-5H,1H3;1-3,9H,8H2. The van der Waals surface area contributed by atoms with E-state index in [0.29, 0.717) is 22.0 Å². The number of hydrogen-bond acceptors (Lipinski definition) is 32. The second-order valence-corrected chi connectivity index (χ2v) is 48.1. The van der Waals surface area contributed by atoms with Crippen LogP contribution >= 0.6 is 160 Å². The minimum absolute atomic E-state index is 0.0748. The first-order valence-electron chi connectivity index (χ1n) is 46.4. The maximum atomic E-state index is 10.6. The van der Waals surface area contributed by atoms with Gasteiger partial charge in [-0.05, 0) is 331 Å². The van der Waals surface area contributed by atoms with Crippen molar-refractivity contribution < 1.29 is 52.6 Å². The summed E-state index contributed by atoms with van der Waals surface area (Å²) >= 11 is 30.9. The average molecular weight is 2450 g/mol. The number of nitro benzene ring substituents is 2. The first kappa shape index (κ1) is 114. The van der Waals surface area contributed by atoms with E-state index in [9.17, 15) is 30.3 Å². The van der Waals surface area contributed by atoms with Gasteiger partial charge in [-0.2, -0.15) is 0 Å². The van der Waals surface area contributed by atoms with Crippen LogP contribution in [0.15, 0.2) is 300 Å². The van der Waals surface area contributed by atoms with Gasteiger partial charge in [-0.25, -0.2) is 29.9 Å². The number of anilines is 6. The highest BCUT2D eigenvalue weighted by atomic mass is 79.9. The van der Waals surface area contributed by atoms with E-state index in [0.717, 1.165) is 160 Å². The molecule has 19 aromatic rings. The summed E-state index contributed by atoms with van der Waals surface area (Å²) in [6.45, 7) is 24.5. The SMILES string of the molecule is CC1(C)OB(B2OC(C)(C)C(C)(C)O2)OC1(C)C.CNc1ccc(-c2nc3ccc(B(O)O)cc3s2)cc1.CNc1ccc(-c2nc3ccc(B4OC(C)(C)C(C)(C)O4)cc3s2)cc1.CNc1ccc(-c2nc3ccc(Br)cc3s2)cc1.COc1ccc([N+](=O)[O-])cc1.Nc1ccc(-c2nc3ccc(Br)cc3s2)cc1.Nc1ccc(Br)cc1S.Nc1nc2ccc(Br)cc2s1.O=[N+]([O-])c1ccc(-c2nc3ccc(Br)cc3s2)cc1. The van der Waals surface area contributed by atoms with Crippen molar-refractivity contribution in [1.82, 2.24) is 29.9 Å². The monoisotopic (exact) mass is 2440 g/mol. The molecule has 766 valence electrons. The van der Waals surface area contributed by atoms with Gasteiger partial charge < -0.3 is 75.9 Å². The minimum Gasteiger partial charge on any atom is -0.497 e. The van der Waals surface area contributed by atoms with E-state index in [1.165, 1.54) is 52.1 Å². The van der Waals surface area contributed by atoms with Crippen molar-refractivity contribution in [3.05, 3.63) is 316 Å². The Kier molecular flexibility index (Phi) is 37.7. The van der Waals surface area contributed by atoms with Crippen LogP contribution in [0.2, 0.25) is 0 Å². The van der Waals surface area contributed by atoms with Gasteiger partial charge in [0, 0.05) is 129 Å². The van der Waals surface area contributed by atoms with Crippen LogP contribution in [0, 0.1) is 20.2 Å². The maximum absolute atomic E-state index is 10.6. The number of nitro groups is 2. The smallest absolute Gasteiger partial charge is 0.494 e. The van der Waals surface area contributed by atoms with Crippen LogP contribution in [0.5, 0.6) is 5.75 Å². The zero-order chi connectivity index (χ0) is 107. The number of non-ortho nitro benzene ring substituents is 2. The van der Waals surface area contributed by atoms with Gasteiger partial charge in [0.15, 0.2) is 5.13 Å². The van der Waals surface area contributed by atoms with E-state index in [1.54, 1.807) is 93.1 Å². The molecule has 9 heterocycles. The molecule has 22 rings (SSSR count). The molecule has 0 radical (unpaired) electrons. The van der Waals surface area contributed by atoms with E-state index in [2.05, 4.69) is 240 Å². The number of rotatable bonds is 14. The van der Waals surface area contributed by atoms with E-state index >= 15 is 0 Å². The molecular formula is C106H105B4Br5N14O13S7. The largest absolute Gasteiger partial charge is 0.497 e.